The van der Waals surface area contributed by atoms with Crippen molar-refractivity contribution in [2.24, 2.45) is 0 Å². The van der Waals surface area contributed by atoms with Crippen molar-refractivity contribution in [3.8, 4) is 11.1 Å². The number of carbonyl (C=O) groups is 1. The standard InChI is InChI=1S/C23H23N5O3S2/c1-12-6-7-15(9-13(12)2)18-14(3)32-21-19(18)22(30)28(11-24-21)10-17(29)25-23-27-26-20(33-23)16-5-4-8-31-16/h6-7,9,11,16H,4-5,8,10H2,1-3H3,(H,25,27,29). The van der Waals surface area contributed by atoms with Crippen molar-refractivity contribution < 1.29 is 9.53 Å². The summed E-state index contributed by atoms with van der Waals surface area (Å²) in [5.74, 6) is -0.354. The molecule has 33 heavy (non-hydrogen) atoms. The number of ether oxygens (including phenoxy) is 1. The number of nitrogens with one attached hydrogen (secondary N) is 1. The Labute approximate surface area is 198 Å². The molecule has 1 unspecified atom stereocenters. The maximum absolute atomic E-state index is 13.4. The van der Waals surface area contributed by atoms with Crippen LogP contribution in [0.2, 0.25) is 0 Å². The summed E-state index contributed by atoms with van der Waals surface area (Å²) in [5.41, 5.74) is 4.00. The fourth-order valence-electron chi connectivity index (χ4n) is 4.00. The van der Waals surface area contributed by atoms with E-state index in [2.05, 4.69) is 46.5 Å². The van der Waals surface area contributed by atoms with Crippen molar-refractivity contribution in [2.45, 2.75) is 46.3 Å². The zero-order valence-corrected chi connectivity index (χ0v) is 20.2. The number of hydrogen-bond donors (Lipinski definition) is 1. The number of rotatable bonds is 5. The molecule has 1 aliphatic rings. The SMILES string of the molecule is Cc1ccc(-c2c(C)sc3ncn(CC(=O)Nc4nnc(C5CCCO5)s4)c(=O)c23)cc1C. The molecule has 1 N–H and O–H groups in total. The summed E-state index contributed by atoms with van der Waals surface area (Å²) in [6.45, 7) is 6.68. The van der Waals surface area contributed by atoms with Gasteiger partial charge in [0.1, 0.15) is 22.5 Å². The number of aryl methyl sites for hydroxylation is 3. The van der Waals surface area contributed by atoms with Gasteiger partial charge < -0.3 is 4.74 Å². The predicted octanol–water partition coefficient (Wildman–Crippen LogP) is 4.39. The summed E-state index contributed by atoms with van der Waals surface area (Å²) in [7, 11) is 0. The Morgan fingerprint density at radius 2 is 2.06 bits per heavy atom. The van der Waals surface area contributed by atoms with E-state index in [4.69, 9.17) is 4.74 Å². The van der Waals surface area contributed by atoms with E-state index in [1.54, 1.807) is 0 Å². The monoisotopic (exact) mass is 481 g/mol. The normalized spacial score (nSPS) is 15.9. The highest BCUT2D eigenvalue weighted by Crippen LogP contribution is 2.36. The molecule has 1 fully saturated rings. The van der Waals surface area contributed by atoms with Gasteiger partial charge in [-0.05, 0) is 50.3 Å². The second kappa shape index (κ2) is 8.77. The summed E-state index contributed by atoms with van der Waals surface area (Å²) >= 11 is 2.79. The van der Waals surface area contributed by atoms with Crippen LogP contribution in [0.4, 0.5) is 5.13 Å². The van der Waals surface area contributed by atoms with E-state index in [0.29, 0.717) is 15.3 Å². The first-order valence-electron chi connectivity index (χ1n) is 10.7. The van der Waals surface area contributed by atoms with Crippen LogP contribution in [-0.4, -0.2) is 32.3 Å². The molecule has 5 rings (SSSR count). The van der Waals surface area contributed by atoms with Gasteiger partial charge in [-0.25, -0.2) is 4.98 Å². The molecule has 0 bridgehead atoms. The molecule has 4 aromatic rings. The smallest absolute Gasteiger partial charge is 0.263 e. The molecule has 3 aromatic heterocycles. The van der Waals surface area contributed by atoms with Gasteiger partial charge in [0, 0.05) is 17.0 Å². The summed E-state index contributed by atoms with van der Waals surface area (Å²) in [6, 6.07) is 6.18. The maximum atomic E-state index is 13.4. The van der Waals surface area contributed by atoms with Crippen molar-refractivity contribution >= 4 is 43.9 Å². The average Bonchev–Trinajstić information content (AvgIpc) is 3.52. The third-order valence-electron chi connectivity index (χ3n) is 5.86. The Hall–Kier alpha value is -2.95. The van der Waals surface area contributed by atoms with E-state index in [1.807, 2.05) is 13.0 Å². The number of anilines is 1. The quantitative estimate of drug-likeness (QED) is 0.454. The van der Waals surface area contributed by atoms with E-state index < -0.39 is 0 Å². The van der Waals surface area contributed by atoms with E-state index >= 15 is 0 Å². The van der Waals surface area contributed by atoms with Crippen LogP contribution in [-0.2, 0) is 16.1 Å². The molecular weight excluding hydrogens is 458 g/mol. The Kier molecular flexibility index (Phi) is 5.81. The lowest BCUT2D eigenvalue weighted by atomic mass is 9.99. The van der Waals surface area contributed by atoms with Crippen LogP contribution in [0.3, 0.4) is 0 Å². The van der Waals surface area contributed by atoms with Gasteiger partial charge in [0.25, 0.3) is 5.56 Å². The van der Waals surface area contributed by atoms with E-state index in [1.165, 1.54) is 39.1 Å². The number of nitrogens with zero attached hydrogens (tertiary/aromatic N) is 4. The molecule has 0 aliphatic carbocycles. The van der Waals surface area contributed by atoms with E-state index in [9.17, 15) is 9.59 Å². The first-order valence-corrected chi connectivity index (χ1v) is 12.3. The van der Waals surface area contributed by atoms with E-state index in [-0.39, 0.29) is 24.1 Å². The second-order valence-corrected chi connectivity index (χ2v) is 10.4. The minimum Gasteiger partial charge on any atom is -0.371 e. The fourth-order valence-corrected chi connectivity index (χ4v) is 5.84. The first-order chi connectivity index (χ1) is 15.9. The number of aromatic nitrogens is 4. The van der Waals surface area contributed by atoms with Crippen molar-refractivity contribution in [3.05, 3.63) is 55.9 Å². The molecule has 1 amide bonds. The van der Waals surface area contributed by atoms with Gasteiger partial charge >= 0.3 is 0 Å². The number of carbonyl (C=O) groups excluding carboxylic acids is 1. The summed E-state index contributed by atoms with van der Waals surface area (Å²) < 4.78 is 6.96. The van der Waals surface area contributed by atoms with Gasteiger partial charge in [-0.2, -0.15) is 0 Å². The third-order valence-corrected chi connectivity index (χ3v) is 7.80. The summed E-state index contributed by atoms with van der Waals surface area (Å²) in [5, 5.41) is 12.6. The molecule has 8 nitrogen and oxygen atoms in total. The van der Waals surface area contributed by atoms with Crippen LogP contribution < -0.4 is 10.9 Å². The molecule has 4 heterocycles. The van der Waals surface area contributed by atoms with Crippen LogP contribution in [0.15, 0.2) is 29.3 Å². The molecule has 170 valence electrons. The largest absolute Gasteiger partial charge is 0.371 e. The first kappa shape index (κ1) is 21.9. The molecule has 1 aromatic carbocycles. The molecule has 0 radical (unpaired) electrons. The van der Waals surface area contributed by atoms with Crippen molar-refractivity contribution in [1.29, 1.82) is 0 Å². The number of thiophene rings is 1. The summed E-state index contributed by atoms with van der Waals surface area (Å²) in [6.07, 6.45) is 3.29. The fraction of sp³-hybridized carbons (Fsp3) is 0.348. The van der Waals surface area contributed by atoms with Crippen LogP contribution >= 0.6 is 22.7 Å². The zero-order chi connectivity index (χ0) is 23.1. The number of amides is 1. The summed E-state index contributed by atoms with van der Waals surface area (Å²) in [4.78, 5) is 32.2. The minimum atomic E-state index is -0.354. The topological polar surface area (TPSA) is 99.0 Å². The van der Waals surface area contributed by atoms with Crippen molar-refractivity contribution in [1.82, 2.24) is 19.7 Å². The van der Waals surface area contributed by atoms with Gasteiger partial charge in [0.05, 0.1) is 11.7 Å². The third kappa shape index (κ3) is 4.21. The van der Waals surface area contributed by atoms with Gasteiger partial charge in [0.15, 0.2) is 0 Å². The highest BCUT2D eigenvalue weighted by Gasteiger charge is 2.23. The lowest BCUT2D eigenvalue weighted by Gasteiger charge is -2.08. The molecule has 1 atom stereocenters. The molecule has 1 saturated heterocycles. The Morgan fingerprint density at radius 1 is 1.21 bits per heavy atom. The van der Waals surface area contributed by atoms with Crippen molar-refractivity contribution in [2.75, 3.05) is 11.9 Å². The lowest BCUT2D eigenvalue weighted by molar-refractivity contribution is -0.116. The Balaban J connectivity index is 1.42. The molecule has 10 heteroatoms. The number of hydrogen-bond acceptors (Lipinski definition) is 8. The minimum absolute atomic E-state index is 0.0481. The van der Waals surface area contributed by atoms with Gasteiger partial charge in [-0.1, -0.05) is 29.5 Å². The number of fused-ring (bicyclic) bond motifs is 1. The van der Waals surface area contributed by atoms with Crippen LogP contribution in [0.1, 0.15) is 40.0 Å². The number of benzene rings is 1. The molecular formula is C23H23N5O3S2. The van der Waals surface area contributed by atoms with Gasteiger partial charge in [0.2, 0.25) is 11.0 Å². The van der Waals surface area contributed by atoms with Crippen LogP contribution in [0.25, 0.3) is 21.3 Å². The maximum Gasteiger partial charge on any atom is 0.263 e. The predicted molar refractivity (Wildman–Crippen MR) is 130 cm³/mol. The highest BCUT2D eigenvalue weighted by atomic mass is 32.1. The molecule has 0 spiro atoms. The molecule has 1 aliphatic heterocycles. The van der Waals surface area contributed by atoms with Gasteiger partial charge in [-0.15, -0.1) is 21.5 Å². The highest BCUT2D eigenvalue weighted by molar-refractivity contribution is 7.19. The second-order valence-electron chi connectivity index (χ2n) is 8.19. The van der Waals surface area contributed by atoms with Crippen LogP contribution in [0, 0.1) is 20.8 Å². The lowest BCUT2D eigenvalue weighted by Crippen LogP contribution is -2.27. The average molecular weight is 482 g/mol. The molecule has 0 saturated carbocycles. The zero-order valence-electron chi connectivity index (χ0n) is 18.5. The van der Waals surface area contributed by atoms with Gasteiger partial charge in [-0.3, -0.25) is 19.5 Å². The van der Waals surface area contributed by atoms with E-state index in [0.717, 1.165) is 46.0 Å². The Bertz CT molecular complexity index is 1420. The van der Waals surface area contributed by atoms with Crippen molar-refractivity contribution in [3.63, 3.8) is 0 Å². The Morgan fingerprint density at radius 3 is 2.82 bits per heavy atom. The van der Waals surface area contributed by atoms with Crippen LogP contribution in [0.5, 0.6) is 0 Å².